The fourth-order valence-electron chi connectivity index (χ4n) is 2.16. The zero-order chi connectivity index (χ0) is 14.5. The molecule has 0 aliphatic rings. The fourth-order valence-corrected chi connectivity index (χ4v) is 3.39. The first kappa shape index (κ1) is 15.5. The van der Waals surface area contributed by atoms with Crippen molar-refractivity contribution < 1.29 is 4.39 Å². The molecule has 1 heterocycles. The van der Waals surface area contributed by atoms with Crippen LogP contribution in [0.2, 0.25) is 0 Å². The molecule has 0 saturated carbocycles. The lowest BCUT2D eigenvalue weighted by Gasteiger charge is -2.18. The van der Waals surface area contributed by atoms with E-state index in [1.165, 1.54) is 17.6 Å². The highest BCUT2D eigenvalue weighted by molar-refractivity contribution is 9.10. The van der Waals surface area contributed by atoms with E-state index in [0.29, 0.717) is 10.9 Å². The Morgan fingerprint density at radius 2 is 2.20 bits per heavy atom. The van der Waals surface area contributed by atoms with Crippen LogP contribution in [0.3, 0.4) is 0 Å². The number of hydrogen-bond donors (Lipinski definition) is 1. The normalized spacial score (nSPS) is 12.6. The van der Waals surface area contributed by atoms with E-state index in [-0.39, 0.29) is 11.9 Å². The quantitative estimate of drug-likeness (QED) is 0.851. The molecule has 0 saturated heterocycles. The van der Waals surface area contributed by atoms with Gasteiger partial charge in [-0.25, -0.2) is 4.39 Å². The molecule has 6 heteroatoms. The zero-order valence-electron chi connectivity index (χ0n) is 11.5. The average molecular weight is 358 g/mol. The lowest BCUT2D eigenvalue weighted by atomic mass is 10.0. The van der Waals surface area contributed by atoms with Crippen LogP contribution in [-0.2, 0) is 12.8 Å². The van der Waals surface area contributed by atoms with Gasteiger partial charge >= 0.3 is 0 Å². The molecule has 2 aromatic rings. The van der Waals surface area contributed by atoms with E-state index in [0.717, 1.165) is 29.1 Å². The molecule has 1 N–H and O–H groups in total. The molecule has 0 amide bonds. The summed E-state index contributed by atoms with van der Waals surface area (Å²) in [7, 11) is 0. The number of benzene rings is 1. The summed E-state index contributed by atoms with van der Waals surface area (Å²) in [5.41, 5.74) is 1.97. The largest absolute Gasteiger partial charge is 0.309 e. The smallest absolute Gasteiger partial charge is 0.137 e. The predicted octanol–water partition coefficient (Wildman–Crippen LogP) is 3.90. The number of nitrogens with zero attached hydrogens (tertiary/aromatic N) is 2. The van der Waals surface area contributed by atoms with E-state index in [1.54, 1.807) is 6.07 Å². The minimum Gasteiger partial charge on any atom is -0.309 e. The van der Waals surface area contributed by atoms with Gasteiger partial charge in [-0.05, 0) is 58.5 Å². The Bertz CT molecular complexity index is 573. The van der Waals surface area contributed by atoms with E-state index in [1.807, 2.05) is 6.07 Å². The summed E-state index contributed by atoms with van der Waals surface area (Å²) in [4.78, 5) is 1.14. The van der Waals surface area contributed by atoms with E-state index in [2.05, 4.69) is 44.7 Å². The van der Waals surface area contributed by atoms with Gasteiger partial charge in [0.15, 0.2) is 0 Å². The number of aryl methyl sites for hydroxylation is 1. The van der Waals surface area contributed by atoms with Gasteiger partial charge in [0.1, 0.15) is 5.82 Å². The monoisotopic (exact) mass is 357 g/mol. The molecule has 0 aliphatic heterocycles. The van der Waals surface area contributed by atoms with Gasteiger partial charge in [0, 0.05) is 6.04 Å². The molecule has 0 spiro atoms. The SMILES string of the molecule is CCNC(Cc1cccc(F)c1Br)c1snnc1CC. The maximum absolute atomic E-state index is 13.6. The molecule has 3 nitrogen and oxygen atoms in total. The Balaban J connectivity index is 2.28. The Kier molecular flexibility index (Phi) is 5.63. The van der Waals surface area contributed by atoms with Crippen molar-refractivity contribution in [3.8, 4) is 0 Å². The molecule has 1 aromatic carbocycles. The minimum atomic E-state index is -0.226. The zero-order valence-corrected chi connectivity index (χ0v) is 13.9. The Labute approximate surface area is 130 Å². The molecule has 1 atom stereocenters. The highest BCUT2D eigenvalue weighted by Gasteiger charge is 2.19. The molecule has 0 bridgehead atoms. The van der Waals surface area contributed by atoms with Gasteiger partial charge in [0.05, 0.1) is 15.0 Å². The maximum atomic E-state index is 13.6. The van der Waals surface area contributed by atoms with Gasteiger partial charge in [0.2, 0.25) is 0 Å². The third-order valence-electron chi connectivity index (χ3n) is 3.14. The van der Waals surface area contributed by atoms with E-state index in [9.17, 15) is 4.39 Å². The van der Waals surface area contributed by atoms with Gasteiger partial charge < -0.3 is 5.32 Å². The van der Waals surface area contributed by atoms with Crippen molar-refractivity contribution >= 4 is 27.5 Å². The second-order valence-electron chi connectivity index (χ2n) is 4.46. The first-order valence-electron chi connectivity index (χ1n) is 6.64. The van der Waals surface area contributed by atoms with Crippen LogP contribution < -0.4 is 5.32 Å². The second-order valence-corrected chi connectivity index (χ2v) is 6.04. The number of likely N-dealkylation sites (N-methyl/N-ethyl adjacent to an activating group) is 1. The summed E-state index contributed by atoms with van der Waals surface area (Å²) in [5, 5.41) is 7.60. The number of aromatic nitrogens is 2. The summed E-state index contributed by atoms with van der Waals surface area (Å²) in [6.45, 7) is 4.98. The van der Waals surface area contributed by atoms with Gasteiger partial charge in [-0.1, -0.05) is 30.5 Å². The van der Waals surface area contributed by atoms with Crippen LogP contribution in [0.5, 0.6) is 0 Å². The molecule has 20 heavy (non-hydrogen) atoms. The highest BCUT2D eigenvalue weighted by Crippen LogP contribution is 2.28. The van der Waals surface area contributed by atoms with Crippen LogP contribution in [0.25, 0.3) is 0 Å². The molecular formula is C14H17BrFN3S. The average Bonchev–Trinajstić information content (AvgIpc) is 2.91. The van der Waals surface area contributed by atoms with Crippen molar-refractivity contribution in [1.82, 2.24) is 14.9 Å². The number of hydrogen-bond acceptors (Lipinski definition) is 4. The Hall–Kier alpha value is -0.850. The van der Waals surface area contributed by atoms with Gasteiger partial charge in [-0.2, -0.15) is 0 Å². The summed E-state index contributed by atoms with van der Waals surface area (Å²) in [6.07, 6.45) is 1.57. The van der Waals surface area contributed by atoms with Crippen LogP contribution in [0.4, 0.5) is 4.39 Å². The summed E-state index contributed by atoms with van der Waals surface area (Å²) < 4.78 is 18.2. The lowest BCUT2D eigenvalue weighted by molar-refractivity contribution is 0.548. The summed E-state index contributed by atoms with van der Waals surface area (Å²) in [6, 6.07) is 5.26. The number of halogens is 2. The van der Waals surface area contributed by atoms with Crippen LogP contribution in [0.15, 0.2) is 22.7 Å². The Morgan fingerprint density at radius 1 is 1.40 bits per heavy atom. The van der Waals surface area contributed by atoms with Crippen molar-refractivity contribution in [1.29, 1.82) is 0 Å². The van der Waals surface area contributed by atoms with Crippen molar-refractivity contribution in [3.05, 3.63) is 44.6 Å². The van der Waals surface area contributed by atoms with Crippen molar-refractivity contribution in [2.45, 2.75) is 32.7 Å². The lowest BCUT2D eigenvalue weighted by Crippen LogP contribution is -2.23. The second kappa shape index (κ2) is 7.24. The number of nitrogens with one attached hydrogen (secondary N) is 1. The topological polar surface area (TPSA) is 37.8 Å². The van der Waals surface area contributed by atoms with Crippen molar-refractivity contribution in [2.24, 2.45) is 0 Å². The van der Waals surface area contributed by atoms with E-state index < -0.39 is 0 Å². The van der Waals surface area contributed by atoms with Gasteiger partial charge in [-0.3, -0.25) is 0 Å². The third kappa shape index (κ3) is 3.42. The number of rotatable bonds is 6. The molecule has 1 unspecified atom stereocenters. The van der Waals surface area contributed by atoms with E-state index >= 15 is 0 Å². The Morgan fingerprint density at radius 3 is 2.90 bits per heavy atom. The van der Waals surface area contributed by atoms with Crippen LogP contribution in [-0.4, -0.2) is 16.1 Å². The van der Waals surface area contributed by atoms with Crippen LogP contribution in [0.1, 0.15) is 36.0 Å². The van der Waals surface area contributed by atoms with Crippen LogP contribution in [0, 0.1) is 5.82 Å². The molecule has 0 aliphatic carbocycles. The van der Waals surface area contributed by atoms with Gasteiger partial charge in [-0.15, -0.1) is 5.10 Å². The molecular weight excluding hydrogens is 341 g/mol. The fraction of sp³-hybridized carbons (Fsp3) is 0.429. The maximum Gasteiger partial charge on any atom is 0.137 e. The molecule has 108 valence electrons. The molecule has 0 radical (unpaired) electrons. The minimum absolute atomic E-state index is 0.119. The molecule has 1 aromatic heterocycles. The van der Waals surface area contributed by atoms with Gasteiger partial charge in [0.25, 0.3) is 0 Å². The predicted molar refractivity (Wildman–Crippen MR) is 83.5 cm³/mol. The van der Waals surface area contributed by atoms with Crippen LogP contribution >= 0.6 is 27.5 Å². The highest BCUT2D eigenvalue weighted by atomic mass is 79.9. The van der Waals surface area contributed by atoms with Crippen molar-refractivity contribution in [2.75, 3.05) is 6.54 Å². The van der Waals surface area contributed by atoms with Crippen molar-refractivity contribution in [3.63, 3.8) is 0 Å². The molecule has 0 fully saturated rings. The first-order chi connectivity index (χ1) is 9.67. The molecule has 2 rings (SSSR count). The third-order valence-corrected chi connectivity index (χ3v) is 4.91. The summed E-state index contributed by atoms with van der Waals surface area (Å²) in [5.74, 6) is -0.226. The van der Waals surface area contributed by atoms with E-state index in [4.69, 9.17) is 0 Å². The first-order valence-corrected chi connectivity index (χ1v) is 8.21. The standard InChI is InChI=1S/C14H17BrFN3S/c1-3-11-14(20-19-18-11)12(17-4-2)8-9-6-5-7-10(16)13(9)15/h5-7,12,17H,3-4,8H2,1-2H3. The summed E-state index contributed by atoms with van der Waals surface area (Å²) >= 11 is 4.75.